The number of unbranched alkanes of at least 4 members (excludes halogenated alkanes) is 1. The fourth-order valence-electron chi connectivity index (χ4n) is 1.67. The average Bonchev–Trinajstić information content (AvgIpc) is 2.76. The zero-order valence-corrected chi connectivity index (χ0v) is 10.6. The zero-order valence-electron chi connectivity index (χ0n) is 9.83. The van der Waals surface area contributed by atoms with Crippen LogP contribution >= 0.6 is 11.3 Å². The van der Waals surface area contributed by atoms with Gasteiger partial charge in [-0.15, -0.1) is 11.3 Å². The van der Waals surface area contributed by atoms with Crippen LogP contribution in [0, 0.1) is 5.92 Å². The Morgan fingerprint density at radius 3 is 2.93 bits per heavy atom. The Morgan fingerprint density at radius 1 is 1.47 bits per heavy atom. The lowest BCUT2D eigenvalue weighted by Gasteiger charge is -2.14. The highest BCUT2D eigenvalue weighted by molar-refractivity contribution is 7.09. The lowest BCUT2D eigenvalue weighted by Crippen LogP contribution is -2.22. The Labute approximate surface area is 97.1 Å². The standard InChI is InChI=1S/C12H22N2S/c1-3-5-6-11(4-2)9-13-10-12-14-7-8-15-12/h7-8,11,13H,3-6,9-10H2,1-2H3. The second-order valence-corrected chi connectivity index (χ2v) is 4.95. The summed E-state index contributed by atoms with van der Waals surface area (Å²) in [6.45, 7) is 6.61. The molecule has 0 amide bonds. The summed E-state index contributed by atoms with van der Waals surface area (Å²) in [5.74, 6) is 0.838. The maximum Gasteiger partial charge on any atom is 0.106 e. The summed E-state index contributed by atoms with van der Waals surface area (Å²) in [6, 6.07) is 0. The van der Waals surface area contributed by atoms with Crippen molar-refractivity contribution in [1.82, 2.24) is 10.3 Å². The summed E-state index contributed by atoms with van der Waals surface area (Å²) >= 11 is 1.73. The number of nitrogens with one attached hydrogen (secondary N) is 1. The summed E-state index contributed by atoms with van der Waals surface area (Å²) in [6.07, 6.45) is 7.18. The van der Waals surface area contributed by atoms with Crippen molar-refractivity contribution in [2.75, 3.05) is 6.54 Å². The Morgan fingerprint density at radius 2 is 2.33 bits per heavy atom. The molecule has 2 nitrogen and oxygen atoms in total. The van der Waals surface area contributed by atoms with E-state index in [2.05, 4.69) is 24.1 Å². The maximum absolute atomic E-state index is 4.26. The van der Waals surface area contributed by atoms with Crippen molar-refractivity contribution in [2.24, 2.45) is 5.92 Å². The lowest BCUT2D eigenvalue weighted by atomic mass is 9.99. The van der Waals surface area contributed by atoms with Crippen LogP contribution in [0.15, 0.2) is 11.6 Å². The van der Waals surface area contributed by atoms with Crippen LogP contribution in [0.1, 0.15) is 44.5 Å². The predicted molar refractivity (Wildman–Crippen MR) is 67.1 cm³/mol. The SMILES string of the molecule is CCCCC(CC)CNCc1nccs1. The van der Waals surface area contributed by atoms with Crippen molar-refractivity contribution in [2.45, 2.75) is 46.1 Å². The Bertz CT molecular complexity index is 234. The Balaban J connectivity index is 2.11. The molecule has 0 aliphatic carbocycles. The smallest absolute Gasteiger partial charge is 0.106 e. The molecule has 3 heteroatoms. The van der Waals surface area contributed by atoms with Gasteiger partial charge in [0.25, 0.3) is 0 Å². The van der Waals surface area contributed by atoms with Crippen molar-refractivity contribution >= 4 is 11.3 Å². The highest BCUT2D eigenvalue weighted by Crippen LogP contribution is 2.11. The van der Waals surface area contributed by atoms with E-state index in [9.17, 15) is 0 Å². The molecular formula is C12H22N2S. The van der Waals surface area contributed by atoms with E-state index in [0.717, 1.165) is 19.0 Å². The molecule has 1 heterocycles. The van der Waals surface area contributed by atoms with Gasteiger partial charge in [0.05, 0.1) is 0 Å². The molecule has 0 bridgehead atoms. The molecule has 1 atom stereocenters. The first-order valence-corrected chi connectivity index (χ1v) is 6.83. The largest absolute Gasteiger partial charge is 0.310 e. The lowest BCUT2D eigenvalue weighted by molar-refractivity contribution is 0.419. The van der Waals surface area contributed by atoms with Crippen molar-refractivity contribution in [1.29, 1.82) is 0 Å². The number of aromatic nitrogens is 1. The molecule has 1 rings (SSSR count). The van der Waals surface area contributed by atoms with Gasteiger partial charge in [-0.25, -0.2) is 4.98 Å². The van der Waals surface area contributed by atoms with E-state index in [1.165, 1.54) is 30.7 Å². The van der Waals surface area contributed by atoms with Crippen LogP contribution in [0.4, 0.5) is 0 Å². The number of hydrogen-bond donors (Lipinski definition) is 1. The van der Waals surface area contributed by atoms with E-state index in [-0.39, 0.29) is 0 Å². The fourth-order valence-corrected chi connectivity index (χ4v) is 2.25. The number of rotatable bonds is 8. The van der Waals surface area contributed by atoms with Gasteiger partial charge in [-0.1, -0.05) is 33.1 Å². The number of nitrogens with zero attached hydrogens (tertiary/aromatic N) is 1. The van der Waals surface area contributed by atoms with Gasteiger partial charge in [0.1, 0.15) is 5.01 Å². The summed E-state index contributed by atoms with van der Waals surface area (Å²) in [7, 11) is 0. The molecule has 0 spiro atoms. The van der Waals surface area contributed by atoms with Gasteiger partial charge in [0.15, 0.2) is 0 Å². The van der Waals surface area contributed by atoms with E-state index in [0.29, 0.717) is 0 Å². The molecule has 0 aliphatic rings. The van der Waals surface area contributed by atoms with Gasteiger partial charge in [-0.3, -0.25) is 0 Å². The molecule has 86 valence electrons. The topological polar surface area (TPSA) is 24.9 Å². The third-order valence-electron chi connectivity index (χ3n) is 2.74. The first-order valence-electron chi connectivity index (χ1n) is 5.95. The fraction of sp³-hybridized carbons (Fsp3) is 0.750. The van der Waals surface area contributed by atoms with Crippen LogP contribution < -0.4 is 5.32 Å². The highest BCUT2D eigenvalue weighted by atomic mass is 32.1. The first kappa shape index (κ1) is 12.7. The molecule has 0 saturated heterocycles. The van der Waals surface area contributed by atoms with Crippen molar-refractivity contribution in [3.8, 4) is 0 Å². The van der Waals surface area contributed by atoms with Gasteiger partial charge in [-0.2, -0.15) is 0 Å². The second-order valence-electron chi connectivity index (χ2n) is 3.97. The van der Waals surface area contributed by atoms with Crippen molar-refractivity contribution < 1.29 is 0 Å². The number of thiazole rings is 1. The molecule has 0 aliphatic heterocycles. The summed E-state index contributed by atoms with van der Waals surface area (Å²) in [5, 5.41) is 6.72. The van der Waals surface area contributed by atoms with Crippen molar-refractivity contribution in [3.63, 3.8) is 0 Å². The molecule has 0 radical (unpaired) electrons. The van der Waals surface area contributed by atoms with Gasteiger partial charge in [0, 0.05) is 18.1 Å². The average molecular weight is 226 g/mol. The molecule has 0 saturated carbocycles. The maximum atomic E-state index is 4.26. The summed E-state index contributed by atoms with van der Waals surface area (Å²) < 4.78 is 0. The molecule has 15 heavy (non-hydrogen) atoms. The number of hydrogen-bond acceptors (Lipinski definition) is 3. The minimum absolute atomic E-state index is 0.838. The first-order chi connectivity index (χ1) is 7.36. The molecule has 0 aromatic carbocycles. The highest BCUT2D eigenvalue weighted by Gasteiger charge is 2.05. The molecule has 1 N–H and O–H groups in total. The monoisotopic (exact) mass is 226 g/mol. The third kappa shape index (κ3) is 5.28. The normalized spacial score (nSPS) is 12.9. The molecular weight excluding hydrogens is 204 g/mol. The second kappa shape index (κ2) is 7.83. The summed E-state index contributed by atoms with van der Waals surface area (Å²) in [5.41, 5.74) is 0. The van der Waals surface area contributed by atoms with Gasteiger partial charge in [-0.05, 0) is 18.9 Å². The van der Waals surface area contributed by atoms with Gasteiger partial charge < -0.3 is 5.32 Å². The van der Waals surface area contributed by atoms with E-state index in [4.69, 9.17) is 0 Å². The molecule has 0 fully saturated rings. The predicted octanol–water partition coefficient (Wildman–Crippen LogP) is 3.45. The van der Waals surface area contributed by atoms with Crippen LogP contribution in [0.3, 0.4) is 0 Å². The van der Waals surface area contributed by atoms with Crippen LogP contribution in [0.5, 0.6) is 0 Å². The van der Waals surface area contributed by atoms with Crippen LogP contribution in [-0.4, -0.2) is 11.5 Å². The van der Waals surface area contributed by atoms with Gasteiger partial charge in [0.2, 0.25) is 0 Å². The molecule has 1 aromatic heterocycles. The Kier molecular flexibility index (Phi) is 6.60. The van der Waals surface area contributed by atoms with E-state index < -0.39 is 0 Å². The van der Waals surface area contributed by atoms with Crippen LogP contribution in [0.25, 0.3) is 0 Å². The minimum Gasteiger partial charge on any atom is -0.310 e. The minimum atomic E-state index is 0.838. The van der Waals surface area contributed by atoms with E-state index in [1.54, 1.807) is 11.3 Å². The van der Waals surface area contributed by atoms with Crippen molar-refractivity contribution in [3.05, 3.63) is 16.6 Å². The van der Waals surface area contributed by atoms with E-state index in [1.807, 2.05) is 11.6 Å². The quantitative estimate of drug-likeness (QED) is 0.734. The molecule has 1 aromatic rings. The van der Waals surface area contributed by atoms with Crippen LogP contribution in [0.2, 0.25) is 0 Å². The summed E-state index contributed by atoms with van der Waals surface area (Å²) in [4.78, 5) is 4.26. The van der Waals surface area contributed by atoms with E-state index >= 15 is 0 Å². The Hall–Kier alpha value is -0.410. The van der Waals surface area contributed by atoms with Gasteiger partial charge >= 0.3 is 0 Å². The van der Waals surface area contributed by atoms with Crippen LogP contribution in [-0.2, 0) is 6.54 Å². The molecule has 1 unspecified atom stereocenters. The zero-order chi connectivity index (χ0) is 10.9. The third-order valence-corrected chi connectivity index (χ3v) is 3.52.